The van der Waals surface area contributed by atoms with Gasteiger partial charge in [0.05, 0.1) is 17.2 Å². The number of aromatic nitrogens is 2. The summed E-state index contributed by atoms with van der Waals surface area (Å²) in [6.45, 7) is 7.24. The largest absolute Gasteiger partial charge is 0.460 e. The first-order valence-corrected chi connectivity index (χ1v) is 16.5. The summed E-state index contributed by atoms with van der Waals surface area (Å²) >= 11 is 0. The normalized spacial score (nSPS) is 16.6. The first-order valence-electron chi connectivity index (χ1n) is 16.5. The maximum Gasteiger partial charge on any atom is 0.314 e. The zero-order valence-electron chi connectivity index (χ0n) is 28.1. The molecular weight excluding hydrogens is 627 g/mol. The Balaban J connectivity index is 1.37. The molecule has 11 heteroatoms. The van der Waals surface area contributed by atoms with Crippen LogP contribution in [0.25, 0.3) is 0 Å². The van der Waals surface area contributed by atoms with Crippen molar-refractivity contribution in [2.45, 2.75) is 78.1 Å². The molecule has 0 bridgehead atoms. The lowest BCUT2D eigenvalue weighted by atomic mass is 9.74. The number of benzene rings is 3. The van der Waals surface area contributed by atoms with Crippen molar-refractivity contribution >= 4 is 17.8 Å². The van der Waals surface area contributed by atoms with Gasteiger partial charge in [0.15, 0.2) is 5.75 Å². The molecule has 1 aromatic heterocycles. The summed E-state index contributed by atoms with van der Waals surface area (Å²) in [6.07, 6.45) is 1.84. The number of hydrogen-bond donors (Lipinski definition) is 2. The van der Waals surface area contributed by atoms with Gasteiger partial charge < -0.3 is 19.7 Å². The predicted octanol–water partition coefficient (Wildman–Crippen LogP) is 6.41. The number of carbonyl (C=O) groups is 3. The Morgan fingerprint density at radius 1 is 1.00 bits per heavy atom. The highest BCUT2D eigenvalue weighted by molar-refractivity contribution is 5.97. The fraction of sp³-hybridized carbons (Fsp3) is 0.342. The first kappa shape index (κ1) is 35.0. The van der Waals surface area contributed by atoms with E-state index in [1.807, 2.05) is 44.2 Å². The zero-order chi connectivity index (χ0) is 35.1. The van der Waals surface area contributed by atoms with E-state index in [1.165, 1.54) is 30.3 Å². The van der Waals surface area contributed by atoms with Crippen LogP contribution in [-0.2, 0) is 20.9 Å². The fourth-order valence-corrected chi connectivity index (χ4v) is 6.64. The highest BCUT2D eigenvalue weighted by atomic mass is 19.1. The molecule has 1 aliphatic heterocycles. The van der Waals surface area contributed by atoms with Gasteiger partial charge in [-0.25, -0.2) is 9.49 Å². The minimum Gasteiger partial charge on any atom is -0.460 e. The lowest BCUT2D eigenvalue weighted by Gasteiger charge is -2.43. The third-order valence-electron chi connectivity index (χ3n) is 9.35. The Morgan fingerprint density at radius 3 is 2.39 bits per heavy atom. The van der Waals surface area contributed by atoms with Crippen molar-refractivity contribution in [2.24, 2.45) is 5.41 Å². The average Bonchev–Trinajstić information content (AvgIpc) is 3.55. The summed E-state index contributed by atoms with van der Waals surface area (Å²) in [5.41, 5.74) is 0.797. The number of halogens is 1. The van der Waals surface area contributed by atoms with E-state index < -0.39 is 46.8 Å². The van der Waals surface area contributed by atoms with Crippen LogP contribution in [0.3, 0.4) is 0 Å². The third-order valence-corrected chi connectivity index (χ3v) is 9.35. The van der Waals surface area contributed by atoms with Gasteiger partial charge in [-0.05, 0) is 87.1 Å². The molecule has 1 saturated heterocycles. The molecule has 49 heavy (non-hydrogen) atoms. The number of ether oxygens (including phenoxy) is 2. The number of amides is 2. The maximum atomic E-state index is 14.4. The van der Waals surface area contributed by atoms with Crippen LogP contribution in [0, 0.1) is 18.2 Å². The van der Waals surface area contributed by atoms with E-state index in [4.69, 9.17) is 9.47 Å². The van der Waals surface area contributed by atoms with Crippen LogP contribution >= 0.6 is 0 Å². The minimum absolute atomic E-state index is 0.0659. The molecule has 5 rings (SSSR count). The standard InChI is InChI=1S/C38H41FN4O6/c1-5-38(6-2,37(47)48-23-26-11-8-7-9-12-26)33-20-19-31(28-13-10-14-29(39)22-28)43(33)36(46)25(4)40-34(44)27-15-17-30(18-16-27)49-32-21-24(3)41-42-35(32)45/h7-18,21-22,25,31,33H,5-6,19-20,23H2,1-4H3,(H,40,44)(H,42,45)/t25-,31+,33-/m1/s1. The molecule has 2 amide bonds. The number of nitrogens with one attached hydrogen (secondary N) is 2. The van der Waals surface area contributed by atoms with Gasteiger partial charge in [-0.15, -0.1) is 0 Å². The highest BCUT2D eigenvalue weighted by Crippen LogP contribution is 2.47. The van der Waals surface area contributed by atoms with Gasteiger partial charge in [0.2, 0.25) is 5.91 Å². The number of esters is 1. The van der Waals surface area contributed by atoms with Crippen LogP contribution in [-0.4, -0.2) is 45.0 Å². The Labute approximate surface area is 284 Å². The summed E-state index contributed by atoms with van der Waals surface area (Å²) in [5.74, 6) is -1.31. The monoisotopic (exact) mass is 668 g/mol. The van der Waals surface area contributed by atoms with Gasteiger partial charge >= 0.3 is 11.5 Å². The summed E-state index contributed by atoms with van der Waals surface area (Å²) < 4.78 is 26.0. The molecule has 1 fully saturated rings. The molecule has 10 nitrogen and oxygen atoms in total. The van der Waals surface area contributed by atoms with Crippen molar-refractivity contribution in [1.82, 2.24) is 20.4 Å². The Kier molecular flexibility index (Phi) is 10.9. The fourth-order valence-electron chi connectivity index (χ4n) is 6.64. The van der Waals surface area contributed by atoms with Crippen LogP contribution < -0.4 is 15.6 Å². The van der Waals surface area contributed by atoms with Gasteiger partial charge in [-0.2, -0.15) is 5.10 Å². The van der Waals surface area contributed by atoms with Gasteiger partial charge in [0, 0.05) is 17.7 Å². The Bertz CT molecular complexity index is 1840. The number of nitrogens with zero attached hydrogens (tertiary/aromatic N) is 2. The minimum atomic E-state index is -1.03. The van der Waals surface area contributed by atoms with Crippen molar-refractivity contribution < 1.29 is 28.2 Å². The molecule has 2 N–H and O–H groups in total. The van der Waals surface area contributed by atoms with E-state index in [9.17, 15) is 23.6 Å². The molecule has 256 valence electrons. The van der Waals surface area contributed by atoms with Crippen LogP contribution in [0.2, 0.25) is 0 Å². The van der Waals surface area contributed by atoms with Crippen molar-refractivity contribution in [1.29, 1.82) is 0 Å². The molecule has 4 aromatic rings. The molecule has 0 aliphatic carbocycles. The quantitative estimate of drug-likeness (QED) is 0.167. The van der Waals surface area contributed by atoms with Gasteiger partial charge in [0.25, 0.3) is 5.91 Å². The second kappa shape index (κ2) is 15.3. The van der Waals surface area contributed by atoms with Gasteiger partial charge in [0.1, 0.15) is 24.2 Å². The van der Waals surface area contributed by atoms with Crippen molar-refractivity contribution in [3.8, 4) is 11.5 Å². The number of aromatic amines is 1. The van der Waals surface area contributed by atoms with E-state index in [0.717, 1.165) is 5.56 Å². The van der Waals surface area contributed by atoms with Crippen LogP contribution in [0.1, 0.15) is 79.7 Å². The summed E-state index contributed by atoms with van der Waals surface area (Å²) in [4.78, 5) is 55.4. The highest BCUT2D eigenvalue weighted by Gasteiger charge is 2.53. The molecule has 0 radical (unpaired) electrons. The molecule has 0 unspecified atom stereocenters. The lowest BCUT2D eigenvalue weighted by Crippen LogP contribution is -2.56. The molecule has 0 saturated carbocycles. The lowest BCUT2D eigenvalue weighted by molar-refractivity contribution is -0.164. The SMILES string of the molecule is CCC(CC)(C(=O)OCc1ccccc1)[C@H]1CC[C@@H](c2cccc(F)c2)N1C(=O)[C@@H](C)NC(=O)c1ccc(Oc2cc(C)n[nH]c2=O)cc1. The van der Waals surface area contributed by atoms with Gasteiger partial charge in [-0.3, -0.25) is 19.2 Å². The van der Waals surface area contributed by atoms with Crippen molar-refractivity contribution in [3.63, 3.8) is 0 Å². The van der Waals surface area contributed by atoms with Crippen molar-refractivity contribution in [2.75, 3.05) is 0 Å². The number of H-pyrrole nitrogens is 1. The van der Waals surface area contributed by atoms with Gasteiger partial charge in [-0.1, -0.05) is 56.3 Å². The van der Waals surface area contributed by atoms with Crippen LogP contribution in [0.4, 0.5) is 4.39 Å². The molecule has 3 atom stereocenters. The smallest absolute Gasteiger partial charge is 0.314 e. The predicted molar refractivity (Wildman–Crippen MR) is 181 cm³/mol. The first-order chi connectivity index (χ1) is 23.6. The Hall–Kier alpha value is -5.32. The topological polar surface area (TPSA) is 131 Å². The average molecular weight is 669 g/mol. The van der Waals surface area contributed by atoms with E-state index in [1.54, 1.807) is 43.0 Å². The second-order valence-corrected chi connectivity index (χ2v) is 12.4. The number of aryl methyl sites for hydroxylation is 1. The zero-order valence-corrected chi connectivity index (χ0v) is 28.1. The maximum absolute atomic E-state index is 14.4. The number of hydrogen-bond acceptors (Lipinski definition) is 7. The van der Waals surface area contributed by atoms with Crippen molar-refractivity contribution in [3.05, 3.63) is 123 Å². The second-order valence-electron chi connectivity index (χ2n) is 12.4. The summed E-state index contributed by atoms with van der Waals surface area (Å²) in [6, 6.07) is 21.1. The van der Waals surface area contributed by atoms with E-state index in [-0.39, 0.29) is 23.8 Å². The Morgan fingerprint density at radius 2 is 1.71 bits per heavy atom. The number of rotatable bonds is 12. The van der Waals surface area contributed by atoms with Crippen LogP contribution in [0.15, 0.2) is 89.7 Å². The molecule has 1 aliphatic rings. The summed E-state index contributed by atoms with van der Waals surface area (Å²) in [5, 5.41) is 8.98. The number of carbonyl (C=O) groups excluding carboxylic acids is 3. The third kappa shape index (κ3) is 7.72. The van der Waals surface area contributed by atoms with E-state index >= 15 is 0 Å². The molecule has 0 spiro atoms. The molecule has 3 aromatic carbocycles. The van der Waals surface area contributed by atoms with E-state index in [2.05, 4.69) is 15.5 Å². The van der Waals surface area contributed by atoms with E-state index in [0.29, 0.717) is 42.7 Å². The number of likely N-dealkylation sites (tertiary alicyclic amines) is 1. The summed E-state index contributed by atoms with van der Waals surface area (Å²) in [7, 11) is 0. The van der Waals surface area contributed by atoms with Crippen LogP contribution in [0.5, 0.6) is 11.5 Å². The molecular formula is C38H41FN4O6. The molecule has 2 heterocycles.